The summed E-state index contributed by atoms with van der Waals surface area (Å²) in [4.78, 5) is 12.9. The van der Waals surface area contributed by atoms with Crippen molar-refractivity contribution >= 4 is 5.97 Å². The number of benzene rings is 1. The van der Waals surface area contributed by atoms with Crippen LogP contribution in [0.25, 0.3) is 0 Å². The number of furan rings is 1. The molecule has 0 aliphatic heterocycles. The molecule has 1 unspecified atom stereocenters. The van der Waals surface area contributed by atoms with E-state index in [1.165, 1.54) is 0 Å². The number of aromatic carboxylic acids is 1. The van der Waals surface area contributed by atoms with Gasteiger partial charge in [-0.3, -0.25) is 4.90 Å². The molecule has 0 aliphatic rings. The highest BCUT2D eigenvalue weighted by Crippen LogP contribution is 2.21. The van der Waals surface area contributed by atoms with Crippen molar-refractivity contribution in [3.63, 3.8) is 0 Å². The molecule has 4 heteroatoms. The first-order chi connectivity index (χ1) is 9.08. The summed E-state index contributed by atoms with van der Waals surface area (Å²) in [5.74, 6) is 0.0218. The number of hydrogen-bond acceptors (Lipinski definition) is 3. The van der Waals surface area contributed by atoms with E-state index in [2.05, 4.69) is 11.8 Å². The van der Waals surface area contributed by atoms with Crippen molar-refractivity contribution < 1.29 is 14.3 Å². The third kappa shape index (κ3) is 3.23. The third-order valence-electron chi connectivity index (χ3n) is 3.25. The highest BCUT2D eigenvalue weighted by molar-refractivity contribution is 5.87. The van der Waals surface area contributed by atoms with Crippen molar-refractivity contribution in [1.82, 2.24) is 4.90 Å². The van der Waals surface area contributed by atoms with E-state index in [0.29, 0.717) is 5.56 Å². The summed E-state index contributed by atoms with van der Waals surface area (Å²) in [6.07, 6.45) is 1.67. The Morgan fingerprint density at radius 2 is 2.00 bits per heavy atom. The fourth-order valence-corrected chi connectivity index (χ4v) is 1.92. The molecule has 0 saturated heterocycles. The smallest absolute Gasteiger partial charge is 0.335 e. The number of carboxylic acid groups (broad SMARTS) is 1. The van der Waals surface area contributed by atoms with Crippen molar-refractivity contribution in [2.24, 2.45) is 0 Å². The summed E-state index contributed by atoms with van der Waals surface area (Å²) in [5, 5.41) is 8.85. The first kappa shape index (κ1) is 13.4. The molecule has 1 aromatic carbocycles. The molecular formula is C15H17NO3. The Kier molecular flexibility index (Phi) is 4.02. The van der Waals surface area contributed by atoms with Gasteiger partial charge < -0.3 is 9.52 Å². The standard InChI is InChI=1S/C15H17NO3/c1-11(14-4-3-9-19-14)16(2)10-12-5-7-13(8-6-12)15(17)18/h3-9,11H,10H2,1-2H3,(H,17,18). The number of hydrogen-bond donors (Lipinski definition) is 1. The first-order valence-electron chi connectivity index (χ1n) is 6.14. The van der Waals surface area contributed by atoms with E-state index in [9.17, 15) is 4.79 Å². The van der Waals surface area contributed by atoms with Gasteiger partial charge in [-0.25, -0.2) is 4.79 Å². The zero-order valence-corrected chi connectivity index (χ0v) is 11.0. The number of carbonyl (C=O) groups is 1. The van der Waals surface area contributed by atoms with Gasteiger partial charge >= 0.3 is 5.97 Å². The lowest BCUT2D eigenvalue weighted by Crippen LogP contribution is -2.21. The molecule has 2 rings (SSSR count). The summed E-state index contributed by atoms with van der Waals surface area (Å²) in [5.41, 5.74) is 1.39. The van der Waals surface area contributed by atoms with E-state index in [1.807, 2.05) is 31.3 Å². The molecule has 100 valence electrons. The second-order valence-corrected chi connectivity index (χ2v) is 4.61. The minimum absolute atomic E-state index is 0.175. The maximum Gasteiger partial charge on any atom is 0.335 e. The third-order valence-corrected chi connectivity index (χ3v) is 3.25. The van der Waals surface area contributed by atoms with E-state index in [4.69, 9.17) is 9.52 Å². The Bertz CT molecular complexity index is 531. The van der Waals surface area contributed by atoms with Crippen molar-refractivity contribution in [2.75, 3.05) is 7.05 Å². The fraction of sp³-hybridized carbons (Fsp3) is 0.267. The van der Waals surface area contributed by atoms with Crippen LogP contribution in [0.3, 0.4) is 0 Å². The van der Waals surface area contributed by atoms with Crippen LogP contribution < -0.4 is 0 Å². The molecule has 0 spiro atoms. The molecule has 0 fully saturated rings. The predicted molar refractivity (Wildman–Crippen MR) is 72.0 cm³/mol. The number of rotatable bonds is 5. The molecule has 1 heterocycles. The molecule has 0 amide bonds. The zero-order valence-electron chi connectivity index (χ0n) is 11.0. The molecule has 1 aromatic heterocycles. The zero-order chi connectivity index (χ0) is 13.8. The van der Waals surface area contributed by atoms with Gasteiger partial charge in [0, 0.05) is 6.54 Å². The van der Waals surface area contributed by atoms with E-state index >= 15 is 0 Å². The normalized spacial score (nSPS) is 12.6. The summed E-state index contributed by atoms with van der Waals surface area (Å²) < 4.78 is 5.39. The second-order valence-electron chi connectivity index (χ2n) is 4.61. The van der Waals surface area contributed by atoms with Crippen LogP contribution in [0, 0.1) is 0 Å². The lowest BCUT2D eigenvalue weighted by atomic mass is 10.1. The van der Waals surface area contributed by atoms with Crippen molar-refractivity contribution in [1.29, 1.82) is 0 Å². The van der Waals surface area contributed by atoms with Crippen LogP contribution in [-0.2, 0) is 6.54 Å². The average molecular weight is 259 g/mol. The first-order valence-corrected chi connectivity index (χ1v) is 6.14. The van der Waals surface area contributed by atoms with E-state index in [-0.39, 0.29) is 6.04 Å². The predicted octanol–water partition coefficient (Wildman–Crippen LogP) is 3.17. The molecular weight excluding hydrogens is 242 g/mol. The summed E-state index contributed by atoms with van der Waals surface area (Å²) in [6, 6.07) is 10.9. The van der Waals surface area contributed by atoms with Crippen LogP contribution in [0.1, 0.15) is 34.6 Å². The number of carboxylic acids is 1. The summed E-state index contributed by atoms with van der Waals surface area (Å²) in [7, 11) is 2.01. The van der Waals surface area contributed by atoms with Gasteiger partial charge in [-0.15, -0.1) is 0 Å². The summed E-state index contributed by atoms with van der Waals surface area (Å²) in [6.45, 7) is 2.81. The highest BCUT2D eigenvalue weighted by atomic mass is 16.4. The Balaban J connectivity index is 2.02. The molecule has 1 atom stereocenters. The molecule has 0 radical (unpaired) electrons. The molecule has 0 bridgehead atoms. The summed E-state index contributed by atoms with van der Waals surface area (Å²) >= 11 is 0. The van der Waals surface area contributed by atoms with Crippen molar-refractivity contribution in [3.05, 3.63) is 59.5 Å². The lowest BCUT2D eigenvalue weighted by Gasteiger charge is -2.23. The van der Waals surface area contributed by atoms with Crippen molar-refractivity contribution in [3.8, 4) is 0 Å². The van der Waals surface area contributed by atoms with Crippen LogP contribution in [0.4, 0.5) is 0 Å². The lowest BCUT2D eigenvalue weighted by molar-refractivity contribution is 0.0697. The van der Waals surface area contributed by atoms with Crippen LogP contribution in [-0.4, -0.2) is 23.0 Å². The maximum absolute atomic E-state index is 10.8. The van der Waals surface area contributed by atoms with Crippen LogP contribution >= 0.6 is 0 Å². The van der Waals surface area contributed by atoms with Gasteiger partial charge in [0.05, 0.1) is 17.9 Å². The van der Waals surface area contributed by atoms with E-state index in [1.54, 1.807) is 18.4 Å². The largest absolute Gasteiger partial charge is 0.478 e. The van der Waals surface area contributed by atoms with Gasteiger partial charge in [-0.05, 0) is 43.8 Å². The molecule has 4 nitrogen and oxygen atoms in total. The monoisotopic (exact) mass is 259 g/mol. The van der Waals surface area contributed by atoms with Gasteiger partial charge in [0.2, 0.25) is 0 Å². The fourth-order valence-electron chi connectivity index (χ4n) is 1.92. The van der Waals surface area contributed by atoms with Crippen LogP contribution in [0.15, 0.2) is 47.1 Å². The SMILES string of the molecule is CC(c1ccco1)N(C)Cc1ccc(C(=O)O)cc1. The van der Waals surface area contributed by atoms with Crippen LogP contribution in [0.5, 0.6) is 0 Å². The molecule has 2 aromatic rings. The van der Waals surface area contributed by atoms with Gasteiger partial charge in [-0.1, -0.05) is 12.1 Å². The quantitative estimate of drug-likeness (QED) is 0.896. The second kappa shape index (κ2) is 5.71. The maximum atomic E-state index is 10.8. The molecule has 1 N–H and O–H groups in total. The Labute approximate surface area is 112 Å². The average Bonchev–Trinajstić information content (AvgIpc) is 2.92. The minimum Gasteiger partial charge on any atom is -0.478 e. The highest BCUT2D eigenvalue weighted by Gasteiger charge is 2.14. The van der Waals surface area contributed by atoms with Crippen molar-refractivity contribution in [2.45, 2.75) is 19.5 Å². The van der Waals surface area contributed by atoms with E-state index < -0.39 is 5.97 Å². The molecule has 0 saturated carbocycles. The minimum atomic E-state index is -0.899. The molecule has 0 aliphatic carbocycles. The topological polar surface area (TPSA) is 53.7 Å². The van der Waals surface area contributed by atoms with Gasteiger partial charge in [-0.2, -0.15) is 0 Å². The van der Waals surface area contributed by atoms with Crippen LogP contribution in [0.2, 0.25) is 0 Å². The van der Waals surface area contributed by atoms with Gasteiger partial charge in [0.25, 0.3) is 0 Å². The van der Waals surface area contributed by atoms with Gasteiger partial charge in [0.1, 0.15) is 5.76 Å². The Hall–Kier alpha value is -2.07. The molecule has 19 heavy (non-hydrogen) atoms. The Morgan fingerprint density at radius 3 is 2.53 bits per heavy atom. The van der Waals surface area contributed by atoms with E-state index in [0.717, 1.165) is 17.9 Å². The Morgan fingerprint density at radius 1 is 1.32 bits per heavy atom. The van der Waals surface area contributed by atoms with Gasteiger partial charge in [0.15, 0.2) is 0 Å². The number of nitrogens with zero attached hydrogens (tertiary/aromatic N) is 1.